The number of urea groups is 1. The van der Waals surface area contributed by atoms with Gasteiger partial charge in [-0.05, 0) is 56.5 Å². The first kappa shape index (κ1) is 39.4. The van der Waals surface area contributed by atoms with Crippen LogP contribution in [0, 0.1) is 6.92 Å². The minimum atomic E-state index is -1.50. The molecule has 0 aliphatic carbocycles. The second-order valence-corrected chi connectivity index (χ2v) is 20.2. The highest BCUT2D eigenvalue weighted by Gasteiger charge is 2.53. The summed E-state index contributed by atoms with van der Waals surface area (Å²) in [7, 11) is 1.90. The summed E-state index contributed by atoms with van der Waals surface area (Å²) >= 11 is 3.32. The van der Waals surface area contributed by atoms with Crippen LogP contribution in [-0.2, 0) is 36.9 Å². The van der Waals surface area contributed by atoms with Crippen molar-refractivity contribution in [3.8, 4) is 11.1 Å². The lowest BCUT2D eigenvalue weighted by Gasteiger charge is -2.28. The lowest BCUT2D eigenvalue weighted by atomic mass is 9.88. The first-order valence-electron chi connectivity index (χ1n) is 15.9. The molecular formula is C35H48BrN5O7Si. The van der Waals surface area contributed by atoms with E-state index in [2.05, 4.69) is 56.0 Å². The summed E-state index contributed by atoms with van der Waals surface area (Å²) in [6, 6.07) is 13.3. The number of benzene rings is 2. The number of ether oxygens (including phenoxy) is 3. The molecule has 1 saturated heterocycles. The monoisotopic (exact) mass is 757 g/mol. The van der Waals surface area contributed by atoms with Crippen molar-refractivity contribution in [2.45, 2.75) is 69.9 Å². The number of aryl methyl sites for hydroxylation is 2. The smallest absolute Gasteiger partial charge is 0.407 e. The SMILES string of the molecule is COC(=O)c1cc(C)ccc1CBr.Cn1cc(-c2ccc([C@]3(CNC(=O)OC(C)(C)C)NC(=O)N(COCC[Si](C)(C)C)C3=O)cc2)cn1. The molecule has 0 spiro atoms. The highest BCUT2D eigenvalue weighted by Crippen LogP contribution is 2.31. The molecule has 1 atom stereocenters. The number of esters is 1. The van der Waals surface area contributed by atoms with Gasteiger partial charge < -0.3 is 24.8 Å². The molecule has 2 heterocycles. The van der Waals surface area contributed by atoms with E-state index in [1.54, 1.807) is 43.8 Å². The third-order valence-electron chi connectivity index (χ3n) is 7.52. The zero-order valence-corrected chi connectivity index (χ0v) is 32.4. The van der Waals surface area contributed by atoms with Crippen molar-refractivity contribution in [1.82, 2.24) is 25.3 Å². The standard InChI is InChI=1S/C25H37N5O5Si.C10H11BrO2/c1-24(2,3)35-23(33)26-16-25(20-10-8-18(9-11-20)19-14-27-29(4)15-19)21(31)30(22(32)28-25)17-34-12-13-36(5,6)7;1-7-3-4-8(6-11)9(5-7)10(12)13-2/h8-11,14-15H,12-13,16-17H2,1-7H3,(H,26,33)(H,28,32);3-5H,6H2,1-2H3/t25-;/m0./s1. The van der Waals surface area contributed by atoms with E-state index in [1.165, 1.54) is 7.11 Å². The number of carbonyl (C=O) groups is 4. The number of methoxy groups -OCH3 is 1. The van der Waals surface area contributed by atoms with Crippen molar-refractivity contribution in [2.24, 2.45) is 7.05 Å². The maximum Gasteiger partial charge on any atom is 0.407 e. The van der Waals surface area contributed by atoms with E-state index in [0.29, 0.717) is 23.1 Å². The number of aromatic nitrogens is 2. The number of hydrogen-bond acceptors (Lipinski definition) is 8. The van der Waals surface area contributed by atoms with E-state index < -0.39 is 37.2 Å². The molecule has 1 aliphatic rings. The van der Waals surface area contributed by atoms with E-state index in [-0.39, 0.29) is 19.2 Å². The Labute approximate surface area is 298 Å². The average molecular weight is 759 g/mol. The van der Waals surface area contributed by atoms with Gasteiger partial charge in [0.25, 0.3) is 5.91 Å². The number of halogens is 1. The summed E-state index contributed by atoms with van der Waals surface area (Å²) in [5.74, 6) is -0.774. The van der Waals surface area contributed by atoms with Gasteiger partial charge in [-0.2, -0.15) is 5.10 Å². The lowest BCUT2D eigenvalue weighted by molar-refractivity contribution is -0.135. The molecule has 2 N–H and O–H groups in total. The van der Waals surface area contributed by atoms with Crippen molar-refractivity contribution in [3.63, 3.8) is 0 Å². The molecule has 1 fully saturated rings. The zero-order valence-electron chi connectivity index (χ0n) is 29.8. The van der Waals surface area contributed by atoms with Crippen molar-refractivity contribution < 1.29 is 33.4 Å². The van der Waals surface area contributed by atoms with Gasteiger partial charge >= 0.3 is 18.1 Å². The molecule has 4 rings (SSSR count). The van der Waals surface area contributed by atoms with Crippen LogP contribution >= 0.6 is 15.9 Å². The third-order valence-corrected chi connectivity index (χ3v) is 9.83. The number of carbonyl (C=O) groups excluding carboxylic acids is 4. The van der Waals surface area contributed by atoms with Crippen LogP contribution < -0.4 is 10.6 Å². The minimum absolute atomic E-state index is 0.156. The van der Waals surface area contributed by atoms with Gasteiger partial charge in [0.1, 0.15) is 12.3 Å². The number of alkyl halides is 1. The van der Waals surface area contributed by atoms with Crippen LogP contribution in [0.5, 0.6) is 0 Å². The average Bonchev–Trinajstić information content (AvgIpc) is 3.57. The molecule has 0 saturated carbocycles. The highest BCUT2D eigenvalue weighted by molar-refractivity contribution is 9.08. The number of imide groups is 1. The molecule has 3 aromatic rings. The summed E-state index contributed by atoms with van der Waals surface area (Å²) in [6.07, 6.45) is 2.95. The van der Waals surface area contributed by atoms with Crippen molar-refractivity contribution >= 4 is 48.0 Å². The van der Waals surface area contributed by atoms with Crippen LogP contribution in [0.25, 0.3) is 11.1 Å². The first-order chi connectivity index (χ1) is 22.9. The van der Waals surface area contributed by atoms with Crippen LogP contribution in [0.1, 0.15) is 47.8 Å². The maximum absolute atomic E-state index is 13.7. The number of nitrogens with zero attached hydrogens (tertiary/aromatic N) is 3. The summed E-state index contributed by atoms with van der Waals surface area (Å²) in [6.45, 7) is 14.0. The Morgan fingerprint density at radius 3 is 2.29 bits per heavy atom. The topological polar surface area (TPSA) is 141 Å². The maximum atomic E-state index is 13.7. The van der Waals surface area contributed by atoms with Crippen LogP contribution in [0.4, 0.5) is 9.59 Å². The van der Waals surface area contributed by atoms with Gasteiger partial charge in [-0.3, -0.25) is 9.48 Å². The Morgan fingerprint density at radius 1 is 1.06 bits per heavy atom. The van der Waals surface area contributed by atoms with E-state index in [4.69, 9.17) is 9.47 Å². The highest BCUT2D eigenvalue weighted by atomic mass is 79.9. The first-order valence-corrected chi connectivity index (χ1v) is 20.7. The van der Waals surface area contributed by atoms with E-state index >= 15 is 0 Å². The molecule has 2 aromatic carbocycles. The largest absolute Gasteiger partial charge is 0.465 e. The number of rotatable bonds is 11. The predicted octanol–water partition coefficient (Wildman–Crippen LogP) is 6.35. The second-order valence-electron chi connectivity index (χ2n) is 14.0. The Balaban J connectivity index is 0.000000419. The second kappa shape index (κ2) is 16.6. The van der Waals surface area contributed by atoms with Gasteiger partial charge in [0.05, 0.1) is 25.4 Å². The van der Waals surface area contributed by atoms with Crippen LogP contribution in [0.2, 0.25) is 25.7 Å². The predicted molar refractivity (Wildman–Crippen MR) is 194 cm³/mol. The van der Waals surface area contributed by atoms with E-state index in [1.807, 2.05) is 50.5 Å². The van der Waals surface area contributed by atoms with Gasteiger partial charge in [0, 0.05) is 38.8 Å². The van der Waals surface area contributed by atoms with E-state index in [9.17, 15) is 19.2 Å². The number of alkyl carbamates (subject to hydrolysis) is 1. The quantitative estimate of drug-likeness (QED) is 0.0759. The number of nitrogens with one attached hydrogen (secondary N) is 2. The van der Waals surface area contributed by atoms with Crippen LogP contribution in [0.15, 0.2) is 54.9 Å². The summed E-state index contributed by atoms with van der Waals surface area (Å²) in [5, 5.41) is 10.3. The lowest BCUT2D eigenvalue weighted by Crippen LogP contribution is -2.53. The summed E-state index contributed by atoms with van der Waals surface area (Å²) in [4.78, 5) is 51.3. The van der Waals surface area contributed by atoms with Gasteiger partial charge in [-0.15, -0.1) is 0 Å². The fourth-order valence-electron chi connectivity index (χ4n) is 4.84. The molecule has 1 aromatic heterocycles. The number of hydrogen-bond donors (Lipinski definition) is 2. The van der Waals surface area contributed by atoms with Gasteiger partial charge in [0.2, 0.25) is 0 Å². The van der Waals surface area contributed by atoms with Gasteiger partial charge in [0.15, 0.2) is 5.54 Å². The van der Waals surface area contributed by atoms with Crippen LogP contribution in [0.3, 0.4) is 0 Å². The van der Waals surface area contributed by atoms with Gasteiger partial charge in [-0.1, -0.05) is 77.5 Å². The molecule has 49 heavy (non-hydrogen) atoms. The Kier molecular flexibility index (Phi) is 13.4. The third kappa shape index (κ3) is 11.0. The number of amides is 4. The molecule has 0 unspecified atom stereocenters. The summed E-state index contributed by atoms with van der Waals surface area (Å²) in [5.41, 5.74) is 2.82. The Morgan fingerprint density at radius 2 is 1.73 bits per heavy atom. The van der Waals surface area contributed by atoms with Gasteiger partial charge in [-0.25, -0.2) is 19.3 Å². The Bertz CT molecular complexity index is 1630. The molecule has 12 nitrogen and oxygen atoms in total. The summed E-state index contributed by atoms with van der Waals surface area (Å²) < 4.78 is 17.4. The molecule has 4 amide bonds. The fraction of sp³-hybridized carbons (Fsp3) is 0.457. The van der Waals surface area contributed by atoms with Crippen molar-refractivity contribution in [1.29, 1.82) is 0 Å². The normalized spacial score (nSPS) is 16.1. The molecule has 266 valence electrons. The molecule has 0 bridgehead atoms. The molecule has 1 aliphatic heterocycles. The Hall–Kier alpha value is -4.01. The zero-order chi connectivity index (χ0) is 36.6. The fourth-order valence-corrected chi connectivity index (χ4v) is 6.08. The minimum Gasteiger partial charge on any atom is -0.465 e. The van der Waals surface area contributed by atoms with Crippen LogP contribution in [-0.4, -0.2) is 79.3 Å². The molecular weight excluding hydrogens is 710 g/mol. The molecule has 0 radical (unpaired) electrons. The van der Waals surface area contributed by atoms with Crippen molar-refractivity contribution in [3.05, 3.63) is 77.1 Å². The molecule has 14 heteroatoms. The van der Waals surface area contributed by atoms with E-state index in [0.717, 1.165) is 33.2 Å². The van der Waals surface area contributed by atoms with Crippen molar-refractivity contribution in [2.75, 3.05) is 27.0 Å².